The van der Waals surface area contributed by atoms with E-state index in [0.29, 0.717) is 167 Å². The number of aromatic carboxylic acids is 12. The fraction of sp³-hybridized carbons (Fsp3) is 0. The highest BCUT2D eigenvalue weighted by atomic mass is 16.4. The Morgan fingerprint density at radius 1 is 0.0909 bits per heavy atom. The molecule has 0 aliphatic heterocycles. The van der Waals surface area contributed by atoms with Crippen LogP contribution in [0.25, 0.3) is 167 Å². The van der Waals surface area contributed by atoms with Crippen molar-refractivity contribution in [2.24, 2.45) is 0 Å². The molecule has 0 amide bonds. The van der Waals surface area contributed by atoms with Crippen molar-refractivity contribution in [1.29, 1.82) is 0 Å². The molecule has 0 spiro atoms. The summed E-state index contributed by atoms with van der Waals surface area (Å²) in [6, 6.07) is 87.9. The summed E-state index contributed by atoms with van der Waals surface area (Å²) in [7, 11) is 0. The summed E-state index contributed by atoms with van der Waals surface area (Å²) in [6.07, 6.45) is 0. The second-order valence-electron chi connectivity index (χ2n) is 31.1. The van der Waals surface area contributed by atoms with E-state index >= 15 is 0 Å². The van der Waals surface area contributed by atoms with E-state index < -0.39 is 71.6 Å². The van der Waals surface area contributed by atoms with Crippen molar-refractivity contribution in [3.63, 3.8) is 0 Å². The lowest BCUT2D eigenvalue weighted by Crippen LogP contribution is -2.03. The molecule has 0 radical (unpaired) electrons. The van der Waals surface area contributed by atoms with Gasteiger partial charge in [0.2, 0.25) is 0 Å². The van der Waals surface area contributed by atoms with E-state index in [-0.39, 0.29) is 66.8 Å². The van der Waals surface area contributed by atoms with Crippen molar-refractivity contribution in [2.75, 3.05) is 0 Å². The van der Waals surface area contributed by atoms with Crippen LogP contribution in [0.2, 0.25) is 0 Å². The number of carbonyl (C=O) groups is 12. The lowest BCUT2D eigenvalue weighted by Gasteiger charge is -2.18. The highest BCUT2D eigenvalue weighted by Gasteiger charge is 2.24. The Morgan fingerprint density at radius 3 is 0.220 bits per heavy atom. The predicted octanol–water partition coefficient (Wildman–Crippen LogP) is 23.1. The topological polar surface area (TPSA) is 448 Å². The van der Waals surface area contributed by atoms with Crippen molar-refractivity contribution < 1.29 is 119 Å². The number of rotatable bonds is 27. The molecule has 24 heteroatoms. The smallest absolute Gasteiger partial charge is 0.335 e. The molecule has 0 atom stereocenters. The maximum absolute atomic E-state index is 12.4. The highest BCUT2D eigenvalue weighted by Crippen LogP contribution is 2.45. The number of benzene rings is 16. The second kappa shape index (κ2) is 35.7. The van der Waals surface area contributed by atoms with Crippen LogP contribution in [0.15, 0.2) is 328 Å². The fourth-order valence-electron chi connectivity index (χ4n) is 15.9. The van der Waals surface area contributed by atoms with E-state index in [0.717, 1.165) is 36.4 Å². The zero-order chi connectivity index (χ0) is 93.4. The van der Waals surface area contributed by atoms with Crippen LogP contribution in [0.3, 0.4) is 0 Å². The molecule has 0 aliphatic carbocycles. The molecule has 0 unspecified atom stereocenters. The van der Waals surface area contributed by atoms with E-state index in [4.69, 9.17) is 0 Å². The minimum atomic E-state index is -1.35. The van der Waals surface area contributed by atoms with Crippen LogP contribution >= 0.6 is 0 Å². The van der Waals surface area contributed by atoms with E-state index in [1.54, 1.807) is 146 Å². The molecular formula is C108H66O24. The van der Waals surface area contributed by atoms with Crippen LogP contribution in [0.1, 0.15) is 124 Å². The first kappa shape index (κ1) is 86.7. The summed E-state index contributed by atoms with van der Waals surface area (Å²) in [4.78, 5) is 149. The van der Waals surface area contributed by atoms with Crippen molar-refractivity contribution in [1.82, 2.24) is 0 Å². The van der Waals surface area contributed by atoms with Crippen molar-refractivity contribution >= 4 is 71.6 Å². The van der Waals surface area contributed by atoms with E-state index in [2.05, 4.69) is 0 Å². The Morgan fingerprint density at radius 2 is 0.152 bits per heavy atom. The Bertz CT molecular complexity index is 6270. The van der Waals surface area contributed by atoms with Gasteiger partial charge < -0.3 is 61.3 Å². The molecule has 12 N–H and O–H groups in total. The number of carboxylic acids is 12. The second-order valence-corrected chi connectivity index (χ2v) is 31.1. The quantitative estimate of drug-likeness (QED) is 0.0227. The monoisotopic (exact) mass is 1750 g/mol. The Kier molecular flexibility index (Phi) is 23.4. The molecule has 642 valence electrons. The average molecular weight is 1750 g/mol. The molecule has 132 heavy (non-hydrogen) atoms. The lowest BCUT2D eigenvalue weighted by molar-refractivity contribution is 0.0676. The summed E-state index contributed by atoms with van der Waals surface area (Å²) >= 11 is 0. The Labute approximate surface area is 747 Å². The number of hydrogen-bond acceptors (Lipinski definition) is 12. The molecule has 16 aromatic carbocycles. The van der Waals surface area contributed by atoms with Crippen molar-refractivity contribution in [3.05, 3.63) is 394 Å². The lowest BCUT2D eigenvalue weighted by atomic mass is 9.86. The summed E-state index contributed by atoms with van der Waals surface area (Å²) in [6.45, 7) is 0. The fourth-order valence-corrected chi connectivity index (χ4v) is 15.9. The summed E-state index contributed by atoms with van der Waals surface area (Å²) in [5.74, 6) is -16.3. The first-order valence-corrected chi connectivity index (χ1v) is 40.1. The van der Waals surface area contributed by atoms with Gasteiger partial charge in [-0.1, -0.05) is 146 Å². The standard InChI is InChI=1S/C108H66O24/c109-97(110)85-37-73(38-86(49-85)98(111)112)61-13-1-55(2-14-61)67-25-68(56-3-15-62(16-4-56)74-39-87(99(113)114)50-88(40-74)100(115)116)29-79(28-67)82-34-83(80-30-69(57-5-17-63(18-6-57)75-41-89(101(117)118)51-90(42-75)102(119)120)26-70(31-80)58-7-19-64(20-8-58)76-43-91(103(121)122)52-92(44-76)104(123)124)36-84(35-82)81-32-71(59-9-21-65(22-10-59)77-45-93(105(125)126)53-94(46-77)106(127)128)27-72(33-81)60-11-23-66(24-12-60)78-47-95(107(129)130)54-96(48-78)108(131)132/h1-54H,(H,109,110)(H,111,112)(H,113,114)(H,115,116)(H,117,118)(H,119,120)(H,121,122)(H,123,124)(H,125,126)(H,127,128)(H,129,130)(H,131,132). The van der Waals surface area contributed by atoms with Gasteiger partial charge in [0.15, 0.2) is 0 Å². The minimum Gasteiger partial charge on any atom is -0.478 e. The molecule has 16 aromatic rings. The largest absolute Gasteiger partial charge is 0.478 e. The molecule has 16 rings (SSSR count). The third-order valence-electron chi connectivity index (χ3n) is 22.6. The molecule has 0 heterocycles. The van der Waals surface area contributed by atoms with Crippen LogP contribution in [0, 0.1) is 0 Å². The molecule has 24 nitrogen and oxygen atoms in total. The first-order chi connectivity index (χ1) is 63.1. The van der Waals surface area contributed by atoms with Crippen LogP contribution in [-0.2, 0) is 0 Å². The van der Waals surface area contributed by atoms with Crippen LogP contribution < -0.4 is 0 Å². The summed E-state index contributed by atoms with van der Waals surface area (Å²) in [5.41, 5.74) is 12.1. The van der Waals surface area contributed by atoms with Crippen molar-refractivity contribution in [3.8, 4) is 167 Å². The molecule has 0 aliphatic rings. The molecule has 0 saturated heterocycles. The molecule has 0 bridgehead atoms. The molecular weight excluding hydrogens is 1680 g/mol. The van der Waals surface area contributed by atoms with Gasteiger partial charge in [-0.25, -0.2) is 57.5 Å². The van der Waals surface area contributed by atoms with Gasteiger partial charge in [-0.3, -0.25) is 0 Å². The van der Waals surface area contributed by atoms with Gasteiger partial charge in [-0.2, -0.15) is 0 Å². The SMILES string of the molecule is O=C(O)c1cc(C(=O)O)cc(-c2ccc(-c3cc(-c4ccc(-c5cc(C(=O)O)cc(C(=O)O)c5)cc4)cc(-c4cc(-c5cc(-c6ccc(-c7cc(C(=O)O)cc(C(=O)O)c7)cc6)cc(-c6ccc(-c7cc(C(=O)O)cc(C(=O)O)c7)cc6)c5)cc(-c5cc(-c6ccc(-c7cc(C(=O)O)cc(C(=O)O)c7)cc6)cc(-c6ccc(-c7cc(C(=O)O)cc(C(=O)O)c7)cc6)c5)c4)c3)cc2)c1. The van der Waals surface area contributed by atoms with Gasteiger partial charge in [0.25, 0.3) is 0 Å². The van der Waals surface area contributed by atoms with Crippen LogP contribution in [0.5, 0.6) is 0 Å². The molecule has 0 aromatic heterocycles. The van der Waals surface area contributed by atoms with Gasteiger partial charge in [-0.15, -0.1) is 0 Å². The predicted molar refractivity (Wildman–Crippen MR) is 491 cm³/mol. The van der Waals surface area contributed by atoms with Crippen LogP contribution in [-0.4, -0.2) is 133 Å². The zero-order valence-electron chi connectivity index (χ0n) is 68.4. The zero-order valence-corrected chi connectivity index (χ0v) is 68.4. The normalized spacial score (nSPS) is 11.0. The number of carboxylic acid groups (broad SMARTS) is 12. The first-order valence-electron chi connectivity index (χ1n) is 40.1. The maximum Gasteiger partial charge on any atom is 0.335 e. The summed E-state index contributed by atoms with van der Waals surface area (Å²) in [5, 5.41) is 121. The molecule has 0 saturated carbocycles. The Balaban J connectivity index is 0.947. The van der Waals surface area contributed by atoms with Gasteiger partial charge in [0, 0.05) is 0 Å². The van der Waals surface area contributed by atoms with Crippen molar-refractivity contribution in [2.45, 2.75) is 0 Å². The van der Waals surface area contributed by atoms with E-state index in [1.165, 1.54) is 72.8 Å². The molecule has 0 fully saturated rings. The van der Waals surface area contributed by atoms with Gasteiger partial charge in [0.1, 0.15) is 0 Å². The van der Waals surface area contributed by atoms with Gasteiger partial charge >= 0.3 is 71.6 Å². The minimum absolute atomic E-state index is 0.265. The number of hydrogen-bond donors (Lipinski definition) is 12. The van der Waals surface area contributed by atoms with E-state index in [9.17, 15) is 119 Å². The maximum atomic E-state index is 12.4. The highest BCUT2D eigenvalue weighted by molar-refractivity contribution is 6.03. The van der Waals surface area contributed by atoms with E-state index in [1.807, 2.05) is 72.8 Å². The Hall–Kier alpha value is -18.8. The third kappa shape index (κ3) is 18.6. The average Bonchev–Trinajstić information content (AvgIpc) is 0.763. The third-order valence-corrected chi connectivity index (χ3v) is 22.6. The summed E-state index contributed by atoms with van der Waals surface area (Å²) < 4.78 is 0. The van der Waals surface area contributed by atoms with Gasteiger partial charge in [-0.05, 0) is 349 Å². The van der Waals surface area contributed by atoms with Gasteiger partial charge in [0.05, 0.1) is 66.8 Å². The van der Waals surface area contributed by atoms with Crippen LogP contribution in [0.4, 0.5) is 0 Å².